The molecule has 2 aromatic heterocycles. The van der Waals surface area contributed by atoms with E-state index in [4.69, 9.17) is 5.10 Å². The summed E-state index contributed by atoms with van der Waals surface area (Å²) in [6, 6.07) is 5.76. The number of nitrogens with zero attached hydrogens (tertiary/aromatic N) is 2. The number of aromatic nitrogens is 3. The Labute approximate surface area is 149 Å². The molecule has 1 aromatic carbocycles. The van der Waals surface area contributed by atoms with E-state index in [9.17, 15) is 4.79 Å². The fourth-order valence-corrected chi connectivity index (χ4v) is 3.85. The number of hydrogen-bond donors (Lipinski definition) is 2. The molecule has 0 amide bonds. The zero-order valence-corrected chi connectivity index (χ0v) is 15.9. The van der Waals surface area contributed by atoms with Crippen molar-refractivity contribution in [3.63, 3.8) is 0 Å². The Hall–Kier alpha value is -1.66. The highest BCUT2D eigenvalue weighted by Crippen LogP contribution is 2.31. The number of H-pyrrole nitrogens is 1. The van der Waals surface area contributed by atoms with Gasteiger partial charge in [-0.05, 0) is 60.4 Å². The smallest absolute Gasteiger partial charge is 0.251 e. The summed E-state index contributed by atoms with van der Waals surface area (Å²) in [5, 5.41) is 9.14. The number of piperidine rings is 1. The van der Waals surface area contributed by atoms with Crippen LogP contribution in [0.15, 0.2) is 27.5 Å². The normalized spacial score (nSPS) is 15.5. The van der Waals surface area contributed by atoms with Crippen LogP contribution in [0.25, 0.3) is 16.6 Å². The molecular formula is C18H23BrN4O. The molecule has 1 aliphatic heterocycles. The number of benzene rings is 1. The highest BCUT2D eigenvalue weighted by Gasteiger charge is 2.21. The van der Waals surface area contributed by atoms with Crippen LogP contribution in [0.1, 0.15) is 43.9 Å². The van der Waals surface area contributed by atoms with E-state index in [1.54, 1.807) is 6.07 Å². The van der Waals surface area contributed by atoms with Crippen LogP contribution in [0.3, 0.4) is 0 Å². The molecule has 3 aromatic rings. The quantitative estimate of drug-likeness (QED) is 0.664. The van der Waals surface area contributed by atoms with Crippen molar-refractivity contribution in [2.45, 2.75) is 39.5 Å². The molecule has 0 saturated carbocycles. The first kappa shape index (κ1) is 17.2. The molecule has 0 aliphatic carbocycles. The Morgan fingerprint density at radius 2 is 1.96 bits per heavy atom. The Balaban J connectivity index is 0.000000815. The van der Waals surface area contributed by atoms with Crippen LogP contribution in [-0.2, 0) is 0 Å². The van der Waals surface area contributed by atoms with Gasteiger partial charge in [-0.15, -0.1) is 0 Å². The molecule has 1 aliphatic rings. The maximum atomic E-state index is 12.2. The van der Waals surface area contributed by atoms with Crippen molar-refractivity contribution >= 4 is 32.5 Å². The van der Waals surface area contributed by atoms with Gasteiger partial charge in [0.15, 0.2) is 0 Å². The second-order valence-electron chi connectivity index (χ2n) is 5.93. The molecule has 2 N–H and O–H groups in total. The number of rotatable bonds is 1. The van der Waals surface area contributed by atoms with E-state index in [1.807, 2.05) is 37.4 Å². The van der Waals surface area contributed by atoms with Crippen molar-refractivity contribution < 1.29 is 0 Å². The molecule has 0 unspecified atom stereocenters. The third kappa shape index (κ3) is 2.89. The van der Waals surface area contributed by atoms with Crippen LogP contribution in [0.4, 0.5) is 0 Å². The molecule has 0 radical (unpaired) electrons. The fraction of sp³-hybridized carbons (Fsp3) is 0.444. The molecule has 3 heterocycles. The van der Waals surface area contributed by atoms with Gasteiger partial charge in [0.05, 0.1) is 16.6 Å². The first-order valence-electron chi connectivity index (χ1n) is 8.56. The van der Waals surface area contributed by atoms with E-state index >= 15 is 0 Å². The second-order valence-corrected chi connectivity index (χ2v) is 6.79. The minimum Gasteiger partial charge on any atom is -0.317 e. The summed E-state index contributed by atoms with van der Waals surface area (Å²) >= 11 is 3.59. The average molecular weight is 391 g/mol. The molecule has 1 saturated heterocycles. The molecule has 128 valence electrons. The molecule has 0 atom stereocenters. The molecule has 24 heavy (non-hydrogen) atoms. The maximum Gasteiger partial charge on any atom is 0.251 e. The monoisotopic (exact) mass is 390 g/mol. The van der Waals surface area contributed by atoms with E-state index in [2.05, 4.69) is 26.2 Å². The van der Waals surface area contributed by atoms with Crippen molar-refractivity contribution in [1.82, 2.24) is 19.9 Å². The van der Waals surface area contributed by atoms with Gasteiger partial charge < -0.3 is 10.3 Å². The first-order chi connectivity index (χ1) is 11.6. The number of nitrogens with one attached hydrogen (secondary N) is 2. The molecule has 6 heteroatoms. The number of halogens is 1. The molecule has 4 rings (SSSR count). The van der Waals surface area contributed by atoms with Crippen molar-refractivity contribution in [3.8, 4) is 0 Å². The summed E-state index contributed by atoms with van der Waals surface area (Å²) in [5.41, 5.74) is 3.79. The number of fused-ring (bicyclic) bond motifs is 3. The molecular weight excluding hydrogens is 368 g/mol. The number of aryl methyl sites for hydroxylation is 1. The SMILES string of the molecule is CC.Cc1ccc(Br)c2c1nn1c(C3CCNCC3)cc(=O)[nH]c21. The highest BCUT2D eigenvalue weighted by molar-refractivity contribution is 9.10. The van der Waals surface area contributed by atoms with Crippen LogP contribution in [-0.4, -0.2) is 27.7 Å². The topological polar surface area (TPSA) is 62.2 Å². The van der Waals surface area contributed by atoms with Gasteiger partial charge in [0.25, 0.3) is 5.56 Å². The summed E-state index contributed by atoms with van der Waals surface area (Å²) in [7, 11) is 0. The van der Waals surface area contributed by atoms with E-state index < -0.39 is 0 Å². The van der Waals surface area contributed by atoms with Crippen molar-refractivity contribution in [2.75, 3.05) is 13.1 Å². The standard InChI is InChI=1S/C16H17BrN4O.C2H6/c1-9-2-3-11(17)14-15(9)20-21-12(8-13(22)19-16(14)21)10-4-6-18-7-5-10;1-2/h2-3,8,10,18H,4-7H2,1H3,(H,19,22);1-2H3. The van der Waals surface area contributed by atoms with Crippen LogP contribution < -0.4 is 10.9 Å². The molecule has 0 bridgehead atoms. The van der Waals surface area contributed by atoms with E-state index in [1.165, 1.54) is 0 Å². The zero-order valence-electron chi connectivity index (χ0n) is 14.3. The Morgan fingerprint density at radius 1 is 1.25 bits per heavy atom. The van der Waals surface area contributed by atoms with Crippen LogP contribution >= 0.6 is 15.9 Å². The Kier molecular flexibility index (Phi) is 5.06. The van der Waals surface area contributed by atoms with Crippen molar-refractivity contribution in [3.05, 3.63) is 44.3 Å². The average Bonchev–Trinajstić information content (AvgIpc) is 3.00. The molecule has 0 spiro atoms. The van der Waals surface area contributed by atoms with Gasteiger partial charge in [0.1, 0.15) is 5.65 Å². The maximum absolute atomic E-state index is 12.2. The van der Waals surface area contributed by atoms with Crippen molar-refractivity contribution in [2.24, 2.45) is 0 Å². The van der Waals surface area contributed by atoms with Crippen LogP contribution in [0.5, 0.6) is 0 Å². The summed E-state index contributed by atoms with van der Waals surface area (Å²) in [6.07, 6.45) is 2.07. The summed E-state index contributed by atoms with van der Waals surface area (Å²) < 4.78 is 2.89. The lowest BCUT2D eigenvalue weighted by Gasteiger charge is -2.23. The second kappa shape index (κ2) is 7.07. The summed E-state index contributed by atoms with van der Waals surface area (Å²) in [5.74, 6) is 0.374. The van der Waals surface area contributed by atoms with Gasteiger partial charge in [-0.3, -0.25) is 4.79 Å². The Morgan fingerprint density at radius 3 is 2.67 bits per heavy atom. The lowest BCUT2D eigenvalue weighted by atomic mass is 9.94. The van der Waals surface area contributed by atoms with Gasteiger partial charge in [0, 0.05) is 16.5 Å². The van der Waals surface area contributed by atoms with Gasteiger partial charge in [-0.1, -0.05) is 19.9 Å². The van der Waals surface area contributed by atoms with E-state index in [-0.39, 0.29) is 5.56 Å². The third-order valence-electron chi connectivity index (χ3n) is 4.50. The van der Waals surface area contributed by atoms with Gasteiger partial charge in [0.2, 0.25) is 0 Å². The van der Waals surface area contributed by atoms with Gasteiger partial charge in [-0.25, -0.2) is 4.52 Å². The lowest BCUT2D eigenvalue weighted by molar-refractivity contribution is 0.446. The predicted octanol–water partition coefficient (Wildman–Crippen LogP) is 3.74. The van der Waals surface area contributed by atoms with Crippen LogP contribution in [0, 0.1) is 6.92 Å². The van der Waals surface area contributed by atoms with E-state index in [0.29, 0.717) is 5.92 Å². The minimum atomic E-state index is -0.0590. The lowest BCUT2D eigenvalue weighted by Crippen LogP contribution is -2.28. The highest BCUT2D eigenvalue weighted by atomic mass is 79.9. The molecule has 1 fully saturated rings. The number of aromatic amines is 1. The van der Waals surface area contributed by atoms with Crippen molar-refractivity contribution in [1.29, 1.82) is 0 Å². The van der Waals surface area contributed by atoms with Gasteiger partial charge >= 0.3 is 0 Å². The predicted molar refractivity (Wildman–Crippen MR) is 102 cm³/mol. The van der Waals surface area contributed by atoms with Gasteiger partial charge in [-0.2, -0.15) is 5.10 Å². The first-order valence-corrected chi connectivity index (χ1v) is 9.36. The zero-order chi connectivity index (χ0) is 17.3. The number of hydrogen-bond acceptors (Lipinski definition) is 3. The summed E-state index contributed by atoms with van der Waals surface area (Å²) in [4.78, 5) is 15.1. The minimum absolute atomic E-state index is 0.0590. The fourth-order valence-electron chi connectivity index (χ4n) is 3.34. The Bertz CT molecular complexity index is 922. The van der Waals surface area contributed by atoms with E-state index in [0.717, 1.165) is 58.2 Å². The third-order valence-corrected chi connectivity index (χ3v) is 5.16. The van der Waals surface area contributed by atoms with Crippen LogP contribution in [0.2, 0.25) is 0 Å². The summed E-state index contributed by atoms with van der Waals surface area (Å²) in [6.45, 7) is 8.02. The molecule has 5 nitrogen and oxygen atoms in total. The largest absolute Gasteiger partial charge is 0.317 e.